The van der Waals surface area contributed by atoms with Crippen LogP contribution < -0.4 is 10.0 Å². The predicted molar refractivity (Wildman–Crippen MR) is 120 cm³/mol. The molecule has 2 aromatic carbocycles. The number of halogens is 1. The lowest BCUT2D eigenvalue weighted by Crippen LogP contribution is -2.48. The first-order chi connectivity index (χ1) is 13.7. The molecule has 0 spiro atoms. The van der Waals surface area contributed by atoms with Gasteiger partial charge >= 0.3 is 6.03 Å². The molecule has 0 unspecified atom stereocenters. The van der Waals surface area contributed by atoms with E-state index in [0.29, 0.717) is 22.2 Å². The van der Waals surface area contributed by atoms with E-state index in [1.54, 1.807) is 25.1 Å². The second-order valence-electron chi connectivity index (χ2n) is 6.19. The zero-order valence-corrected chi connectivity index (χ0v) is 18.3. The number of amides is 2. The first-order valence-electron chi connectivity index (χ1n) is 8.71. The molecule has 0 saturated heterocycles. The molecule has 0 aromatic heterocycles. The SMILES string of the molecule is C=CN=C(C(=C)Br)[C@@H](Cc1ccccc1)NC(=O)NS(=O)(=O)c1ccccc1C. The minimum Gasteiger partial charge on any atom is -0.329 e. The Balaban J connectivity index is 2.26. The number of benzene rings is 2. The van der Waals surface area contributed by atoms with Crippen molar-refractivity contribution in [2.45, 2.75) is 24.3 Å². The number of carbonyl (C=O) groups excluding carboxylic acids is 1. The quantitative estimate of drug-likeness (QED) is 0.563. The minimum absolute atomic E-state index is 0.0413. The summed E-state index contributed by atoms with van der Waals surface area (Å²) in [5.41, 5.74) is 1.91. The number of urea groups is 1. The summed E-state index contributed by atoms with van der Waals surface area (Å²) in [6, 6.07) is 14.4. The third-order valence-electron chi connectivity index (χ3n) is 4.04. The van der Waals surface area contributed by atoms with Crippen LogP contribution in [0.2, 0.25) is 0 Å². The van der Waals surface area contributed by atoms with E-state index in [1.165, 1.54) is 12.3 Å². The summed E-state index contributed by atoms with van der Waals surface area (Å²) in [7, 11) is -4.02. The maximum absolute atomic E-state index is 12.6. The fourth-order valence-electron chi connectivity index (χ4n) is 2.74. The van der Waals surface area contributed by atoms with Crippen molar-refractivity contribution < 1.29 is 13.2 Å². The zero-order chi connectivity index (χ0) is 21.4. The molecule has 0 fully saturated rings. The highest BCUT2D eigenvalue weighted by molar-refractivity contribution is 9.12. The fraction of sp³-hybridized carbons (Fsp3) is 0.143. The van der Waals surface area contributed by atoms with Gasteiger partial charge in [-0.05, 0) is 46.5 Å². The van der Waals surface area contributed by atoms with Gasteiger partial charge in [0.2, 0.25) is 0 Å². The molecule has 0 bridgehead atoms. The number of aryl methyl sites for hydroxylation is 1. The van der Waals surface area contributed by atoms with Crippen LogP contribution in [-0.2, 0) is 16.4 Å². The molecule has 6 nitrogen and oxygen atoms in total. The van der Waals surface area contributed by atoms with Crippen LogP contribution in [0.15, 0.2) is 88.3 Å². The predicted octanol–water partition coefficient (Wildman–Crippen LogP) is 4.09. The van der Waals surface area contributed by atoms with Crippen LogP contribution in [-0.4, -0.2) is 26.2 Å². The van der Waals surface area contributed by atoms with Crippen molar-refractivity contribution in [1.82, 2.24) is 10.0 Å². The van der Waals surface area contributed by atoms with E-state index in [2.05, 4.69) is 44.1 Å². The van der Waals surface area contributed by atoms with Crippen molar-refractivity contribution in [3.63, 3.8) is 0 Å². The molecule has 2 aromatic rings. The molecule has 29 heavy (non-hydrogen) atoms. The third-order valence-corrected chi connectivity index (χ3v) is 5.93. The van der Waals surface area contributed by atoms with Gasteiger partial charge in [-0.1, -0.05) is 61.7 Å². The fourth-order valence-corrected chi connectivity index (χ4v) is 4.28. The van der Waals surface area contributed by atoms with Crippen molar-refractivity contribution in [2.24, 2.45) is 4.99 Å². The Hall–Kier alpha value is -2.71. The second-order valence-corrected chi connectivity index (χ2v) is 8.80. The first-order valence-corrected chi connectivity index (χ1v) is 11.0. The van der Waals surface area contributed by atoms with E-state index in [-0.39, 0.29) is 4.90 Å². The second kappa shape index (κ2) is 10.2. The van der Waals surface area contributed by atoms with E-state index >= 15 is 0 Å². The van der Waals surface area contributed by atoms with Gasteiger partial charge in [-0.25, -0.2) is 17.9 Å². The molecule has 0 aliphatic heterocycles. The molecule has 2 amide bonds. The molecule has 152 valence electrons. The van der Waals surface area contributed by atoms with Crippen LogP contribution in [0, 0.1) is 6.92 Å². The summed E-state index contributed by atoms with van der Waals surface area (Å²) in [4.78, 5) is 16.8. The lowest BCUT2D eigenvalue weighted by atomic mass is 10.0. The van der Waals surface area contributed by atoms with Gasteiger partial charge in [0.05, 0.1) is 16.6 Å². The van der Waals surface area contributed by atoms with Crippen LogP contribution in [0.3, 0.4) is 0 Å². The maximum Gasteiger partial charge on any atom is 0.329 e. The smallest absolute Gasteiger partial charge is 0.329 e. The summed E-state index contributed by atoms with van der Waals surface area (Å²) >= 11 is 3.29. The minimum atomic E-state index is -4.02. The van der Waals surface area contributed by atoms with Crippen LogP contribution in [0.1, 0.15) is 11.1 Å². The van der Waals surface area contributed by atoms with Crippen molar-refractivity contribution in [2.75, 3.05) is 0 Å². The lowest BCUT2D eigenvalue weighted by Gasteiger charge is -2.21. The summed E-state index contributed by atoms with van der Waals surface area (Å²) < 4.78 is 27.7. The Kier molecular flexibility index (Phi) is 7.92. The van der Waals surface area contributed by atoms with Crippen molar-refractivity contribution in [1.29, 1.82) is 0 Å². The first kappa shape index (κ1) is 22.6. The van der Waals surface area contributed by atoms with Gasteiger partial charge in [-0.3, -0.25) is 4.99 Å². The largest absolute Gasteiger partial charge is 0.329 e. The molecule has 8 heteroatoms. The highest BCUT2D eigenvalue weighted by Crippen LogP contribution is 2.15. The number of carbonyl (C=O) groups is 1. The standard InChI is InChI=1S/C21H22BrN3O3S/c1-4-23-20(16(3)22)18(14-17-11-6-5-7-12-17)24-21(26)25-29(27,28)19-13-9-8-10-15(19)2/h4-13,18H,1,3,14H2,2H3,(H2,24,25,26)/t18-/m1/s1. The van der Waals surface area contributed by atoms with Gasteiger partial charge in [-0.2, -0.15) is 0 Å². The van der Waals surface area contributed by atoms with Crippen LogP contribution in [0.5, 0.6) is 0 Å². The molecule has 1 atom stereocenters. The monoisotopic (exact) mass is 475 g/mol. The van der Waals surface area contributed by atoms with Gasteiger partial charge in [0.25, 0.3) is 10.0 Å². The van der Waals surface area contributed by atoms with E-state index in [4.69, 9.17) is 0 Å². The van der Waals surface area contributed by atoms with Gasteiger partial charge in [0.1, 0.15) is 0 Å². The normalized spacial score (nSPS) is 12.7. The van der Waals surface area contributed by atoms with E-state index in [9.17, 15) is 13.2 Å². The number of aliphatic imine (C=N–C) groups is 1. The number of nitrogens with zero attached hydrogens (tertiary/aromatic N) is 1. The molecular weight excluding hydrogens is 454 g/mol. The highest BCUT2D eigenvalue weighted by atomic mass is 79.9. The highest BCUT2D eigenvalue weighted by Gasteiger charge is 2.24. The Morgan fingerprint density at radius 3 is 2.38 bits per heavy atom. The Morgan fingerprint density at radius 1 is 1.17 bits per heavy atom. The van der Waals surface area contributed by atoms with E-state index in [1.807, 2.05) is 30.3 Å². The summed E-state index contributed by atoms with van der Waals surface area (Å²) in [5, 5.41) is 2.68. The van der Waals surface area contributed by atoms with Crippen LogP contribution in [0.4, 0.5) is 4.79 Å². The van der Waals surface area contributed by atoms with Crippen molar-refractivity contribution in [3.8, 4) is 0 Å². The van der Waals surface area contributed by atoms with Gasteiger partial charge < -0.3 is 5.32 Å². The summed E-state index contributed by atoms with van der Waals surface area (Å²) in [6.07, 6.45) is 1.72. The third kappa shape index (κ3) is 6.40. The van der Waals surface area contributed by atoms with Gasteiger partial charge in [0, 0.05) is 10.7 Å². The van der Waals surface area contributed by atoms with E-state index in [0.717, 1.165) is 5.56 Å². The van der Waals surface area contributed by atoms with Gasteiger partial charge in [0.15, 0.2) is 0 Å². The molecule has 0 saturated carbocycles. The van der Waals surface area contributed by atoms with E-state index < -0.39 is 22.1 Å². The number of nitrogens with one attached hydrogen (secondary N) is 2. The topological polar surface area (TPSA) is 87.6 Å². The number of hydrogen-bond acceptors (Lipinski definition) is 4. The van der Waals surface area contributed by atoms with Crippen LogP contribution in [0.25, 0.3) is 0 Å². The summed E-state index contributed by atoms with van der Waals surface area (Å²) in [6.45, 7) is 9.07. The Bertz CT molecular complexity index is 1030. The lowest BCUT2D eigenvalue weighted by molar-refractivity contribution is 0.244. The molecule has 2 N–H and O–H groups in total. The molecule has 0 aliphatic carbocycles. The number of hydrogen-bond donors (Lipinski definition) is 2. The zero-order valence-electron chi connectivity index (χ0n) is 15.9. The number of rotatable bonds is 8. The molecular formula is C21H22BrN3O3S. The van der Waals surface area contributed by atoms with Crippen LogP contribution >= 0.6 is 15.9 Å². The molecule has 0 radical (unpaired) electrons. The molecule has 2 rings (SSSR count). The Labute approximate surface area is 179 Å². The summed E-state index contributed by atoms with van der Waals surface area (Å²) in [5.74, 6) is 0. The van der Waals surface area contributed by atoms with Crippen molar-refractivity contribution in [3.05, 3.63) is 89.6 Å². The van der Waals surface area contributed by atoms with Crippen molar-refractivity contribution >= 4 is 37.7 Å². The molecule has 0 heterocycles. The van der Waals surface area contributed by atoms with Gasteiger partial charge in [-0.15, -0.1) is 0 Å². The molecule has 0 aliphatic rings. The Morgan fingerprint density at radius 2 is 1.79 bits per heavy atom. The average Bonchev–Trinajstić information content (AvgIpc) is 2.66. The maximum atomic E-state index is 12.6. The number of sulfonamides is 1. The average molecular weight is 476 g/mol.